The van der Waals surface area contributed by atoms with Crippen LogP contribution >= 0.6 is 0 Å². The van der Waals surface area contributed by atoms with E-state index in [1.54, 1.807) is 0 Å². The monoisotopic (exact) mass is 209 g/mol. The number of nitrogens with zero attached hydrogens (tertiary/aromatic N) is 1. The van der Waals surface area contributed by atoms with Crippen LogP contribution in [-0.4, -0.2) is 19.0 Å². The van der Waals surface area contributed by atoms with E-state index < -0.39 is 0 Å². The van der Waals surface area contributed by atoms with Gasteiger partial charge in [0.1, 0.15) is 0 Å². The molecular weight excluding hydrogens is 186 g/mol. The van der Waals surface area contributed by atoms with E-state index in [9.17, 15) is 0 Å². The third-order valence-corrected chi connectivity index (χ3v) is 2.89. The van der Waals surface area contributed by atoms with Crippen LogP contribution in [-0.2, 0) is 0 Å². The summed E-state index contributed by atoms with van der Waals surface area (Å²) >= 11 is 0. The van der Waals surface area contributed by atoms with E-state index in [-0.39, 0.29) is 0 Å². The lowest BCUT2D eigenvalue weighted by Gasteiger charge is -2.11. The summed E-state index contributed by atoms with van der Waals surface area (Å²) in [6.07, 6.45) is 5.16. The fourth-order valence-electron chi connectivity index (χ4n) is 1.74. The first-order chi connectivity index (χ1) is 7.08. The van der Waals surface area contributed by atoms with Crippen molar-refractivity contribution in [1.82, 2.24) is 5.32 Å². The van der Waals surface area contributed by atoms with Crippen molar-refractivity contribution in [3.8, 4) is 0 Å². The molecule has 0 spiro atoms. The van der Waals surface area contributed by atoms with Gasteiger partial charge in [0.05, 0.1) is 0 Å². The van der Waals surface area contributed by atoms with Gasteiger partial charge in [-0.1, -0.05) is 25.5 Å². The van der Waals surface area contributed by atoms with Gasteiger partial charge in [0, 0.05) is 13.1 Å². The highest BCUT2D eigenvalue weighted by molar-refractivity contribution is 5.78. The van der Waals surface area contributed by atoms with Crippen LogP contribution in [0.3, 0.4) is 0 Å². The molecule has 1 aliphatic rings. The summed E-state index contributed by atoms with van der Waals surface area (Å²) in [6, 6.07) is 0. The molecule has 0 aromatic heterocycles. The molecule has 86 valence electrons. The Morgan fingerprint density at radius 1 is 1.53 bits per heavy atom. The lowest BCUT2D eigenvalue weighted by Crippen LogP contribution is -2.33. The standard InChI is InChI=1S/C12H23N3/c1-4-5-12(6-7-12)9-15-11(13)14-8-10(2)3/h2,4-9H2,1,3H3,(H3,13,14,15). The summed E-state index contributed by atoms with van der Waals surface area (Å²) in [4.78, 5) is 4.39. The number of nitrogens with two attached hydrogens (primary N) is 1. The minimum Gasteiger partial charge on any atom is -0.370 e. The first-order valence-corrected chi connectivity index (χ1v) is 5.76. The third kappa shape index (κ3) is 4.36. The van der Waals surface area contributed by atoms with E-state index in [0.29, 0.717) is 11.4 Å². The van der Waals surface area contributed by atoms with E-state index in [1.807, 2.05) is 6.92 Å². The molecule has 0 unspecified atom stereocenters. The molecule has 1 saturated carbocycles. The summed E-state index contributed by atoms with van der Waals surface area (Å²) < 4.78 is 0. The zero-order valence-corrected chi connectivity index (χ0v) is 9.97. The summed E-state index contributed by atoms with van der Waals surface area (Å²) in [6.45, 7) is 9.61. The predicted octanol–water partition coefficient (Wildman–Crippen LogP) is 2.05. The molecule has 3 heteroatoms. The van der Waals surface area contributed by atoms with Crippen LogP contribution in [0.25, 0.3) is 0 Å². The number of hydrogen-bond acceptors (Lipinski definition) is 1. The Kier molecular flexibility index (Phi) is 4.18. The molecule has 1 rings (SSSR count). The molecule has 0 aromatic rings. The minimum absolute atomic E-state index is 0.490. The SMILES string of the molecule is C=C(C)CNC(N)=NCC1(CCC)CC1. The summed E-state index contributed by atoms with van der Waals surface area (Å²) in [5.74, 6) is 0.556. The van der Waals surface area contributed by atoms with Crippen LogP contribution in [0.1, 0.15) is 39.5 Å². The van der Waals surface area contributed by atoms with Gasteiger partial charge in [0.25, 0.3) is 0 Å². The average Bonchev–Trinajstić information content (AvgIpc) is 2.93. The maximum absolute atomic E-state index is 5.75. The van der Waals surface area contributed by atoms with Crippen LogP contribution in [0.2, 0.25) is 0 Å². The van der Waals surface area contributed by atoms with Crippen molar-refractivity contribution in [3.63, 3.8) is 0 Å². The smallest absolute Gasteiger partial charge is 0.188 e. The maximum atomic E-state index is 5.75. The van der Waals surface area contributed by atoms with Crippen LogP contribution in [0, 0.1) is 5.41 Å². The molecule has 0 amide bonds. The first kappa shape index (κ1) is 12.1. The zero-order valence-electron chi connectivity index (χ0n) is 9.97. The molecule has 15 heavy (non-hydrogen) atoms. The Morgan fingerprint density at radius 2 is 2.20 bits per heavy atom. The van der Waals surface area contributed by atoms with E-state index >= 15 is 0 Å². The highest BCUT2D eigenvalue weighted by atomic mass is 15.1. The normalized spacial score (nSPS) is 18.7. The van der Waals surface area contributed by atoms with Gasteiger partial charge in [0.2, 0.25) is 0 Å². The highest BCUT2D eigenvalue weighted by Crippen LogP contribution is 2.49. The molecule has 1 fully saturated rings. The first-order valence-electron chi connectivity index (χ1n) is 5.76. The third-order valence-electron chi connectivity index (χ3n) is 2.89. The number of hydrogen-bond donors (Lipinski definition) is 2. The Bertz CT molecular complexity index is 252. The molecule has 0 heterocycles. The fraction of sp³-hybridized carbons (Fsp3) is 0.750. The predicted molar refractivity (Wildman–Crippen MR) is 65.9 cm³/mol. The Hall–Kier alpha value is -0.990. The van der Waals surface area contributed by atoms with Crippen molar-refractivity contribution in [3.05, 3.63) is 12.2 Å². The topological polar surface area (TPSA) is 50.4 Å². The van der Waals surface area contributed by atoms with Crippen LogP contribution in [0.4, 0.5) is 0 Å². The van der Waals surface area contributed by atoms with Gasteiger partial charge in [-0.3, -0.25) is 4.99 Å². The van der Waals surface area contributed by atoms with E-state index in [1.165, 1.54) is 25.7 Å². The van der Waals surface area contributed by atoms with Gasteiger partial charge in [-0.2, -0.15) is 0 Å². The van der Waals surface area contributed by atoms with Crippen molar-refractivity contribution < 1.29 is 0 Å². The van der Waals surface area contributed by atoms with Crippen molar-refractivity contribution >= 4 is 5.96 Å². The zero-order chi connectivity index (χ0) is 11.3. The fourth-order valence-corrected chi connectivity index (χ4v) is 1.74. The molecule has 0 bridgehead atoms. The highest BCUT2D eigenvalue weighted by Gasteiger charge is 2.41. The largest absolute Gasteiger partial charge is 0.370 e. The molecular formula is C12H23N3. The maximum Gasteiger partial charge on any atom is 0.188 e. The quantitative estimate of drug-likeness (QED) is 0.399. The van der Waals surface area contributed by atoms with E-state index in [0.717, 1.165) is 18.7 Å². The summed E-state index contributed by atoms with van der Waals surface area (Å²) in [5.41, 5.74) is 7.31. The Balaban J connectivity index is 2.27. The van der Waals surface area contributed by atoms with E-state index in [2.05, 4.69) is 23.8 Å². The number of rotatable bonds is 6. The van der Waals surface area contributed by atoms with Gasteiger partial charge in [-0.05, 0) is 31.6 Å². The van der Waals surface area contributed by atoms with Crippen molar-refractivity contribution in [1.29, 1.82) is 0 Å². The average molecular weight is 209 g/mol. The molecule has 0 aromatic carbocycles. The van der Waals surface area contributed by atoms with Crippen LogP contribution < -0.4 is 11.1 Å². The molecule has 1 aliphatic carbocycles. The van der Waals surface area contributed by atoms with E-state index in [4.69, 9.17) is 5.73 Å². The number of nitrogens with one attached hydrogen (secondary N) is 1. The van der Waals surface area contributed by atoms with Gasteiger partial charge >= 0.3 is 0 Å². The lowest BCUT2D eigenvalue weighted by atomic mass is 10.0. The van der Waals surface area contributed by atoms with Crippen molar-refractivity contribution in [2.75, 3.05) is 13.1 Å². The summed E-state index contributed by atoms with van der Waals surface area (Å²) in [5, 5.41) is 3.05. The molecule has 0 atom stereocenters. The Labute approximate surface area is 92.8 Å². The number of guanidine groups is 1. The lowest BCUT2D eigenvalue weighted by molar-refractivity contribution is 0.472. The minimum atomic E-state index is 0.490. The second-order valence-electron chi connectivity index (χ2n) is 4.76. The van der Waals surface area contributed by atoms with Gasteiger partial charge < -0.3 is 11.1 Å². The van der Waals surface area contributed by atoms with Crippen molar-refractivity contribution in [2.24, 2.45) is 16.1 Å². The van der Waals surface area contributed by atoms with Gasteiger partial charge in [-0.15, -0.1) is 0 Å². The molecule has 0 aliphatic heterocycles. The molecule has 3 N–H and O–H groups in total. The van der Waals surface area contributed by atoms with Crippen molar-refractivity contribution in [2.45, 2.75) is 39.5 Å². The van der Waals surface area contributed by atoms with Gasteiger partial charge in [-0.25, -0.2) is 0 Å². The molecule has 3 nitrogen and oxygen atoms in total. The second kappa shape index (κ2) is 5.19. The molecule has 0 radical (unpaired) electrons. The Morgan fingerprint density at radius 3 is 2.67 bits per heavy atom. The summed E-state index contributed by atoms with van der Waals surface area (Å²) in [7, 11) is 0. The number of aliphatic imine (C=N–C) groups is 1. The van der Waals surface area contributed by atoms with Crippen LogP contribution in [0.5, 0.6) is 0 Å². The molecule has 0 saturated heterocycles. The van der Waals surface area contributed by atoms with Gasteiger partial charge in [0.15, 0.2) is 5.96 Å². The second-order valence-corrected chi connectivity index (χ2v) is 4.76. The van der Waals surface area contributed by atoms with Crippen LogP contribution in [0.15, 0.2) is 17.1 Å².